The number of H-pyrrole nitrogens is 1. The molecular formula is C13H14F2N2S. The first-order valence-corrected chi connectivity index (χ1v) is 6.55. The first-order chi connectivity index (χ1) is 8.58. The summed E-state index contributed by atoms with van der Waals surface area (Å²) in [6.07, 6.45) is 2.46. The van der Waals surface area contributed by atoms with E-state index in [4.69, 9.17) is 12.2 Å². The molecule has 1 N–H and O–H groups in total. The van der Waals surface area contributed by atoms with Gasteiger partial charge in [0.05, 0.1) is 5.52 Å². The van der Waals surface area contributed by atoms with Gasteiger partial charge in [-0.1, -0.05) is 6.92 Å². The van der Waals surface area contributed by atoms with Gasteiger partial charge in [0.15, 0.2) is 16.4 Å². The molecule has 0 spiro atoms. The Morgan fingerprint density at radius 3 is 2.83 bits per heavy atom. The van der Waals surface area contributed by atoms with Crippen molar-refractivity contribution in [3.05, 3.63) is 28.5 Å². The molecule has 5 heteroatoms. The zero-order valence-corrected chi connectivity index (χ0v) is 10.9. The molecule has 1 aromatic carbocycles. The van der Waals surface area contributed by atoms with Crippen molar-refractivity contribution in [3.63, 3.8) is 0 Å². The van der Waals surface area contributed by atoms with Gasteiger partial charge in [-0.2, -0.15) is 0 Å². The maximum Gasteiger partial charge on any atom is 0.184 e. The van der Waals surface area contributed by atoms with Crippen LogP contribution in [0.15, 0.2) is 12.1 Å². The number of halogens is 2. The normalized spacial score (nSPS) is 17.3. The van der Waals surface area contributed by atoms with Gasteiger partial charge in [0, 0.05) is 6.54 Å². The molecule has 1 heterocycles. The van der Waals surface area contributed by atoms with Gasteiger partial charge in [0.1, 0.15) is 5.52 Å². The Hall–Kier alpha value is -1.23. The van der Waals surface area contributed by atoms with Crippen molar-refractivity contribution in [2.24, 2.45) is 11.8 Å². The zero-order chi connectivity index (χ0) is 12.9. The Labute approximate surface area is 109 Å². The van der Waals surface area contributed by atoms with Crippen LogP contribution < -0.4 is 0 Å². The Morgan fingerprint density at radius 2 is 2.17 bits per heavy atom. The third-order valence-electron chi connectivity index (χ3n) is 3.72. The summed E-state index contributed by atoms with van der Waals surface area (Å²) >= 11 is 5.20. The number of rotatable bonds is 3. The predicted molar refractivity (Wildman–Crippen MR) is 68.9 cm³/mol. The second kappa shape index (κ2) is 4.16. The number of hydrogen-bond donors (Lipinski definition) is 1. The molecule has 0 bridgehead atoms. The highest BCUT2D eigenvalue weighted by Crippen LogP contribution is 2.37. The van der Waals surface area contributed by atoms with E-state index < -0.39 is 11.6 Å². The number of fused-ring (bicyclic) bond motifs is 1. The van der Waals surface area contributed by atoms with Crippen molar-refractivity contribution in [1.29, 1.82) is 0 Å². The van der Waals surface area contributed by atoms with E-state index >= 15 is 0 Å². The third kappa shape index (κ3) is 1.86. The summed E-state index contributed by atoms with van der Waals surface area (Å²) < 4.78 is 29.3. The Kier molecular flexibility index (Phi) is 2.73. The van der Waals surface area contributed by atoms with E-state index in [1.54, 1.807) is 4.57 Å². The summed E-state index contributed by atoms with van der Waals surface area (Å²) in [6, 6.07) is 2.65. The van der Waals surface area contributed by atoms with Crippen LogP contribution in [0.4, 0.5) is 8.78 Å². The molecule has 1 saturated carbocycles. The number of aromatic nitrogens is 2. The van der Waals surface area contributed by atoms with E-state index in [2.05, 4.69) is 11.9 Å². The average Bonchev–Trinajstić information content (AvgIpc) is 3.12. The fourth-order valence-corrected chi connectivity index (χ4v) is 2.74. The van der Waals surface area contributed by atoms with E-state index in [0.717, 1.165) is 6.07 Å². The lowest BCUT2D eigenvalue weighted by Crippen LogP contribution is -2.10. The monoisotopic (exact) mass is 268 g/mol. The summed E-state index contributed by atoms with van der Waals surface area (Å²) in [5.41, 5.74) is 0.814. The van der Waals surface area contributed by atoms with Crippen LogP contribution in [0.25, 0.3) is 11.0 Å². The first-order valence-electron chi connectivity index (χ1n) is 6.14. The number of hydrogen-bond acceptors (Lipinski definition) is 1. The van der Waals surface area contributed by atoms with Gasteiger partial charge in [-0.25, -0.2) is 8.78 Å². The van der Waals surface area contributed by atoms with Gasteiger partial charge in [0.2, 0.25) is 0 Å². The molecule has 2 nitrogen and oxygen atoms in total. The van der Waals surface area contributed by atoms with Crippen molar-refractivity contribution in [2.45, 2.75) is 26.3 Å². The Morgan fingerprint density at radius 1 is 1.44 bits per heavy atom. The van der Waals surface area contributed by atoms with Crippen LogP contribution in [-0.2, 0) is 6.54 Å². The molecule has 1 aliphatic rings. The minimum atomic E-state index is -0.829. The maximum atomic E-state index is 13.9. The molecule has 96 valence electrons. The fourth-order valence-electron chi connectivity index (χ4n) is 2.47. The molecule has 0 saturated heterocycles. The second-order valence-corrected chi connectivity index (χ2v) is 5.50. The van der Waals surface area contributed by atoms with Gasteiger partial charge in [-0.15, -0.1) is 0 Å². The molecule has 1 atom stereocenters. The quantitative estimate of drug-likeness (QED) is 0.834. The summed E-state index contributed by atoms with van der Waals surface area (Å²) in [5, 5.41) is 0. The number of aromatic amines is 1. The van der Waals surface area contributed by atoms with Gasteiger partial charge < -0.3 is 9.55 Å². The topological polar surface area (TPSA) is 20.7 Å². The summed E-state index contributed by atoms with van der Waals surface area (Å²) in [7, 11) is 0. The first kappa shape index (κ1) is 11.8. The molecule has 18 heavy (non-hydrogen) atoms. The highest BCUT2D eigenvalue weighted by Gasteiger charge is 2.28. The molecule has 3 rings (SSSR count). The summed E-state index contributed by atoms with van der Waals surface area (Å²) in [5.74, 6) is -0.501. The lowest BCUT2D eigenvalue weighted by molar-refractivity contribution is 0.429. The van der Waals surface area contributed by atoms with Crippen molar-refractivity contribution in [3.8, 4) is 0 Å². The van der Waals surface area contributed by atoms with Crippen LogP contribution in [-0.4, -0.2) is 9.55 Å². The van der Waals surface area contributed by atoms with E-state index in [0.29, 0.717) is 28.7 Å². The lowest BCUT2D eigenvalue weighted by Gasteiger charge is -2.12. The highest BCUT2D eigenvalue weighted by atomic mass is 32.1. The van der Waals surface area contributed by atoms with Crippen molar-refractivity contribution >= 4 is 23.3 Å². The van der Waals surface area contributed by atoms with Crippen LogP contribution in [0.1, 0.15) is 19.8 Å². The Bertz CT molecular complexity index is 655. The number of benzene rings is 1. The molecule has 0 radical (unpaired) electrons. The van der Waals surface area contributed by atoms with Gasteiger partial charge in [0.25, 0.3) is 0 Å². The molecule has 0 aliphatic heterocycles. The van der Waals surface area contributed by atoms with Gasteiger partial charge in [-0.05, 0) is 49.0 Å². The minimum Gasteiger partial charge on any atom is -0.330 e. The molecule has 2 aromatic rings. The number of nitrogens with one attached hydrogen (secondary N) is 1. The zero-order valence-electron chi connectivity index (χ0n) is 10.0. The SMILES string of the molecule is CC(Cn1c(=S)[nH]c2ccc(F)c(F)c21)C1CC1. The van der Waals surface area contributed by atoms with E-state index in [-0.39, 0.29) is 5.52 Å². The smallest absolute Gasteiger partial charge is 0.184 e. The van der Waals surface area contributed by atoms with Crippen LogP contribution in [0, 0.1) is 28.2 Å². The van der Waals surface area contributed by atoms with E-state index in [9.17, 15) is 8.78 Å². The van der Waals surface area contributed by atoms with Crippen molar-refractivity contribution in [2.75, 3.05) is 0 Å². The Balaban J connectivity index is 2.11. The largest absolute Gasteiger partial charge is 0.330 e. The fraction of sp³-hybridized carbons (Fsp3) is 0.462. The van der Waals surface area contributed by atoms with Crippen LogP contribution in [0.3, 0.4) is 0 Å². The minimum absolute atomic E-state index is 0.257. The molecule has 1 aliphatic carbocycles. The highest BCUT2D eigenvalue weighted by molar-refractivity contribution is 7.71. The van der Waals surface area contributed by atoms with Crippen molar-refractivity contribution in [1.82, 2.24) is 9.55 Å². The van der Waals surface area contributed by atoms with Gasteiger partial charge >= 0.3 is 0 Å². The number of imidazole rings is 1. The molecule has 1 aromatic heterocycles. The van der Waals surface area contributed by atoms with Crippen LogP contribution in [0.5, 0.6) is 0 Å². The van der Waals surface area contributed by atoms with Gasteiger partial charge in [-0.3, -0.25) is 0 Å². The molecular weight excluding hydrogens is 254 g/mol. The predicted octanol–water partition coefficient (Wildman–Crippen LogP) is 4.02. The van der Waals surface area contributed by atoms with Crippen LogP contribution in [0.2, 0.25) is 0 Å². The number of nitrogens with zero attached hydrogens (tertiary/aromatic N) is 1. The third-order valence-corrected chi connectivity index (χ3v) is 4.05. The molecule has 1 fully saturated rings. The molecule has 1 unspecified atom stereocenters. The van der Waals surface area contributed by atoms with E-state index in [1.807, 2.05) is 0 Å². The lowest BCUT2D eigenvalue weighted by atomic mass is 10.1. The van der Waals surface area contributed by atoms with E-state index in [1.165, 1.54) is 18.9 Å². The molecule has 0 amide bonds. The van der Waals surface area contributed by atoms with Crippen LogP contribution >= 0.6 is 12.2 Å². The van der Waals surface area contributed by atoms with Crippen molar-refractivity contribution < 1.29 is 8.78 Å². The second-order valence-electron chi connectivity index (χ2n) is 5.11. The summed E-state index contributed by atoms with van der Waals surface area (Å²) in [6.45, 7) is 2.78. The summed E-state index contributed by atoms with van der Waals surface area (Å²) in [4.78, 5) is 2.93. The average molecular weight is 268 g/mol. The maximum absolute atomic E-state index is 13.9. The standard InChI is InChI=1S/C13H14F2N2S/c1-7(8-2-3-8)6-17-12-10(16-13(17)18)5-4-9(14)11(12)15/h4-5,7-8H,2-3,6H2,1H3,(H,16,18).